The molecule has 0 amide bonds. The van der Waals surface area contributed by atoms with Crippen LogP contribution in [0.3, 0.4) is 0 Å². The molecule has 200 valence electrons. The predicted molar refractivity (Wildman–Crippen MR) is 160 cm³/mol. The molecular formula is C36H30F3N. The number of aromatic nitrogens is 1. The Morgan fingerprint density at radius 1 is 0.500 bits per heavy atom. The smallest absolute Gasteiger partial charge is 0.309 e. The number of halogens is 3. The van der Waals surface area contributed by atoms with Crippen LogP contribution in [0.2, 0.25) is 0 Å². The Kier molecular flexibility index (Phi) is 6.10. The lowest BCUT2D eigenvalue weighted by Crippen LogP contribution is -2.04. The highest BCUT2D eigenvalue weighted by molar-refractivity contribution is 6.09. The molecule has 6 aromatic rings. The summed E-state index contributed by atoms with van der Waals surface area (Å²) in [5.41, 5.74) is 12.4. The number of alkyl halides is 3. The van der Waals surface area contributed by atoms with E-state index in [-0.39, 0.29) is 0 Å². The van der Waals surface area contributed by atoms with Gasteiger partial charge in [-0.1, -0.05) is 48.0 Å². The topological polar surface area (TPSA) is 4.93 Å². The summed E-state index contributed by atoms with van der Waals surface area (Å²) in [4.78, 5) is 0. The summed E-state index contributed by atoms with van der Waals surface area (Å²) in [6.45, 7) is 10.5. The van der Waals surface area contributed by atoms with Crippen LogP contribution in [-0.2, 0) is 6.18 Å². The Bertz CT molecular complexity index is 1940. The maximum atomic E-state index is 13.6. The van der Waals surface area contributed by atoms with Crippen molar-refractivity contribution >= 4 is 21.8 Å². The highest BCUT2D eigenvalue weighted by atomic mass is 19.4. The third kappa shape index (κ3) is 4.28. The molecular weight excluding hydrogens is 503 g/mol. The van der Waals surface area contributed by atoms with Crippen molar-refractivity contribution in [3.63, 3.8) is 0 Å². The van der Waals surface area contributed by atoms with E-state index in [0.29, 0.717) is 5.39 Å². The first kappa shape index (κ1) is 25.9. The van der Waals surface area contributed by atoms with Crippen molar-refractivity contribution in [2.75, 3.05) is 0 Å². The van der Waals surface area contributed by atoms with E-state index in [1.807, 2.05) is 25.1 Å². The molecule has 0 N–H and O–H groups in total. The molecule has 0 saturated heterocycles. The fraction of sp³-hybridized carbons (Fsp3) is 0.167. The SMILES string of the molecule is Cc1ccc2c(c1)c1cc(C(F)(F)F)ccc1n2-c1ccc(C)c(-c2cc(-c3ccccc3C)c(C)cc2C)c1. The average Bonchev–Trinajstić information content (AvgIpc) is 3.22. The summed E-state index contributed by atoms with van der Waals surface area (Å²) in [7, 11) is 0. The highest BCUT2D eigenvalue weighted by Gasteiger charge is 2.31. The highest BCUT2D eigenvalue weighted by Crippen LogP contribution is 2.40. The first-order valence-corrected chi connectivity index (χ1v) is 13.4. The van der Waals surface area contributed by atoms with Gasteiger partial charge in [-0.25, -0.2) is 0 Å². The molecule has 40 heavy (non-hydrogen) atoms. The van der Waals surface area contributed by atoms with Gasteiger partial charge < -0.3 is 4.57 Å². The van der Waals surface area contributed by atoms with E-state index in [2.05, 4.69) is 86.9 Å². The third-order valence-electron chi connectivity index (χ3n) is 8.02. The van der Waals surface area contributed by atoms with Crippen molar-refractivity contribution in [3.05, 3.63) is 124 Å². The first-order chi connectivity index (χ1) is 19.0. The van der Waals surface area contributed by atoms with Gasteiger partial charge in [-0.05, 0) is 128 Å². The minimum absolute atomic E-state index is 0.601. The molecule has 1 nitrogen and oxygen atoms in total. The summed E-state index contributed by atoms with van der Waals surface area (Å²) in [5, 5.41) is 1.42. The van der Waals surface area contributed by atoms with Crippen molar-refractivity contribution in [3.8, 4) is 27.9 Å². The summed E-state index contributed by atoms with van der Waals surface area (Å²) < 4.78 is 43.0. The second kappa shape index (κ2) is 9.41. The van der Waals surface area contributed by atoms with Crippen LogP contribution in [0.15, 0.2) is 91.0 Å². The fourth-order valence-corrected chi connectivity index (χ4v) is 5.94. The van der Waals surface area contributed by atoms with Gasteiger partial charge in [0.05, 0.1) is 16.6 Å². The number of benzene rings is 5. The van der Waals surface area contributed by atoms with Crippen molar-refractivity contribution in [2.45, 2.75) is 40.8 Å². The van der Waals surface area contributed by atoms with Gasteiger partial charge in [-0.15, -0.1) is 0 Å². The first-order valence-electron chi connectivity index (χ1n) is 13.4. The normalized spacial score (nSPS) is 12.0. The van der Waals surface area contributed by atoms with E-state index in [4.69, 9.17) is 0 Å². The van der Waals surface area contributed by atoms with Crippen LogP contribution in [0, 0.1) is 34.6 Å². The molecule has 0 unspecified atom stereocenters. The van der Waals surface area contributed by atoms with Gasteiger partial charge in [-0.2, -0.15) is 13.2 Å². The number of aryl methyl sites for hydroxylation is 5. The molecule has 0 aliphatic carbocycles. The number of nitrogens with zero attached hydrogens (tertiary/aromatic N) is 1. The van der Waals surface area contributed by atoms with Gasteiger partial charge in [0.25, 0.3) is 0 Å². The van der Waals surface area contributed by atoms with Gasteiger partial charge in [0.15, 0.2) is 0 Å². The van der Waals surface area contributed by atoms with E-state index >= 15 is 0 Å². The molecule has 0 aliphatic rings. The zero-order valence-electron chi connectivity index (χ0n) is 23.2. The van der Waals surface area contributed by atoms with Crippen LogP contribution in [-0.4, -0.2) is 4.57 Å². The van der Waals surface area contributed by atoms with Crippen LogP contribution in [0.25, 0.3) is 49.7 Å². The second-order valence-electron chi connectivity index (χ2n) is 10.9. The number of hydrogen-bond donors (Lipinski definition) is 0. The molecule has 0 spiro atoms. The minimum Gasteiger partial charge on any atom is -0.309 e. The van der Waals surface area contributed by atoms with E-state index < -0.39 is 11.7 Å². The molecule has 0 saturated carbocycles. The fourth-order valence-electron chi connectivity index (χ4n) is 5.94. The molecule has 0 aliphatic heterocycles. The molecule has 4 heteroatoms. The van der Waals surface area contributed by atoms with Crippen molar-refractivity contribution in [2.24, 2.45) is 0 Å². The number of hydrogen-bond acceptors (Lipinski definition) is 0. The third-order valence-corrected chi connectivity index (χ3v) is 8.02. The van der Waals surface area contributed by atoms with Crippen molar-refractivity contribution in [1.29, 1.82) is 0 Å². The predicted octanol–water partition coefficient (Wildman–Crippen LogP) is 10.7. The molecule has 0 fully saturated rings. The molecule has 1 aromatic heterocycles. The lowest BCUT2D eigenvalue weighted by Gasteiger charge is -2.18. The van der Waals surface area contributed by atoms with Gasteiger partial charge in [0.2, 0.25) is 0 Å². The second-order valence-corrected chi connectivity index (χ2v) is 10.9. The Labute approximate surface area is 232 Å². The lowest BCUT2D eigenvalue weighted by atomic mass is 9.88. The quantitative estimate of drug-likeness (QED) is 0.213. The maximum Gasteiger partial charge on any atom is 0.416 e. The summed E-state index contributed by atoms with van der Waals surface area (Å²) >= 11 is 0. The maximum absolute atomic E-state index is 13.6. The Balaban J connectivity index is 1.60. The molecule has 0 bridgehead atoms. The summed E-state index contributed by atoms with van der Waals surface area (Å²) in [6, 6.07) is 29.3. The minimum atomic E-state index is -4.40. The number of rotatable bonds is 3. The molecule has 1 heterocycles. The molecule has 0 atom stereocenters. The standard InChI is InChI=1S/C36H30F3N/c1-21-10-14-34-32(16-21)33-18-26(36(37,38)39)12-15-35(33)40(34)27-13-11-23(3)29(19-27)31-20-30(24(4)17-25(31)5)28-9-7-6-8-22(28)2/h6-20H,1-5H3. The van der Waals surface area contributed by atoms with E-state index in [1.165, 1.54) is 39.9 Å². The largest absolute Gasteiger partial charge is 0.416 e. The lowest BCUT2D eigenvalue weighted by molar-refractivity contribution is -0.137. The van der Waals surface area contributed by atoms with Crippen LogP contribution in [0.1, 0.15) is 33.4 Å². The van der Waals surface area contributed by atoms with Gasteiger partial charge in [0, 0.05) is 16.5 Å². The van der Waals surface area contributed by atoms with E-state index in [0.717, 1.165) is 44.4 Å². The van der Waals surface area contributed by atoms with E-state index in [9.17, 15) is 13.2 Å². The van der Waals surface area contributed by atoms with Crippen LogP contribution < -0.4 is 0 Å². The van der Waals surface area contributed by atoms with E-state index in [1.54, 1.807) is 6.07 Å². The van der Waals surface area contributed by atoms with Gasteiger partial charge in [0.1, 0.15) is 0 Å². The van der Waals surface area contributed by atoms with Crippen LogP contribution in [0.5, 0.6) is 0 Å². The monoisotopic (exact) mass is 533 g/mol. The van der Waals surface area contributed by atoms with Gasteiger partial charge in [-0.3, -0.25) is 0 Å². The Hall–Kier alpha value is -4.31. The van der Waals surface area contributed by atoms with Crippen molar-refractivity contribution < 1.29 is 13.2 Å². The van der Waals surface area contributed by atoms with Crippen molar-refractivity contribution in [1.82, 2.24) is 4.57 Å². The molecule has 5 aromatic carbocycles. The summed E-state index contributed by atoms with van der Waals surface area (Å²) in [5.74, 6) is 0. The number of fused-ring (bicyclic) bond motifs is 3. The van der Waals surface area contributed by atoms with Crippen LogP contribution >= 0.6 is 0 Å². The zero-order chi connectivity index (χ0) is 28.3. The molecule has 0 radical (unpaired) electrons. The summed E-state index contributed by atoms with van der Waals surface area (Å²) in [6.07, 6.45) is -4.40. The van der Waals surface area contributed by atoms with Gasteiger partial charge >= 0.3 is 6.18 Å². The Morgan fingerprint density at radius 2 is 1.10 bits per heavy atom. The van der Waals surface area contributed by atoms with Crippen LogP contribution in [0.4, 0.5) is 13.2 Å². The Morgan fingerprint density at radius 3 is 1.80 bits per heavy atom. The average molecular weight is 534 g/mol. The zero-order valence-corrected chi connectivity index (χ0v) is 23.2. The molecule has 6 rings (SSSR count).